The SMILES string of the molecule is Cc1c([O-])c([O-])cc[n+]1C.O=[N+]([O-])[O-].[Cu+2].c1ccc(-c2ccccn2)nc1. The first-order valence-electron chi connectivity index (χ1n) is 7.30. The Balaban J connectivity index is 0.000000412. The zero-order valence-corrected chi connectivity index (χ0v) is 15.3. The molecule has 0 atom stereocenters. The minimum atomic E-state index is -1.75. The second-order valence-corrected chi connectivity index (χ2v) is 4.86. The van der Waals surface area contributed by atoms with Crippen molar-refractivity contribution < 1.29 is 36.9 Å². The van der Waals surface area contributed by atoms with Gasteiger partial charge in [0.15, 0.2) is 11.9 Å². The zero-order chi connectivity index (χ0) is 19.5. The monoisotopic (exact) mass is 419 g/mol. The zero-order valence-electron chi connectivity index (χ0n) is 14.4. The van der Waals surface area contributed by atoms with Gasteiger partial charge in [-0.25, -0.2) is 4.57 Å². The van der Waals surface area contributed by atoms with E-state index in [1.165, 1.54) is 6.07 Å². The Kier molecular flexibility index (Phi) is 10.7. The van der Waals surface area contributed by atoms with E-state index in [9.17, 15) is 10.2 Å². The van der Waals surface area contributed by atoms with Gasteiger partial charge in [-0.05, 0) is 36.1 Å². The quantitative estimate of drug-likeness (QED) is 0.246. The van der Waals surface area contributed by atoms with Crippen molar-refractivity contribution in [3.63, 3.8) is 0 Å². The van der Waals surface area contributed by atoms with Gasteiger partial charge in [-0.15, -0.1) is 5.75 Å². The Morgan fingerprint density at radius 3 is 1.70 bits per heavy atom. The van der Waals surface area contributed by atoms with Crippen molar-refractivity contribution in [2.45, 2.75) is 6.92 Å². The first-order valence-corrected chi connectivity index (χ1v) is 7.30. The third kappa shape index (κ3) is 8.61. The van der Waals surface area contributed by atoms with Gasteiger partial charge >= 0.3 is 17.1 Å². The van der Waals surface area contributed by atoms with E-state index in [0.29, 0.717) is 5.69 Å². The molecule has 10 heteroatoms. The van der Waals surface area contributed by atoms with Crippen LogP contribution < -0.4 is 14.8 Å². The Labute approximate surface area is 166 Å². The van der Waals surface area contributed by atoms with E-state index in [2.05, 4.69) is 9.97 Å². The van der Waals surface area contributed by atoms with Gasteiger partial charge < -0.3 is 25.5 Å². The van der Waals surface area contributed by atoms with Crippen LogP contribution in [0.25, 0.3) is 11.4 Å². The van der Waals surface area contributed by atoms with Gasteiger partial charge in [-0.2, -0.15) is 0 Å². The first-order chi connectivity index (χ1) is 12.3. The number of rotatable bonds is 1. The minimum absolute atomic E-state index is 0. The molecule has 145 valence electrons. The molecule has 3 aromatic rings. The fourth-order valence-electron chi connectivity index (χ4n) is 1.73. The van der Waals surface area contributed by atoms with Crippen LogP contribution in [0.15, 0.2) is 61.1 Å². The average molecular weight is 420 g/mol. The van der Waals surface area contributed by atoms with Crippen LogP contribution in [0.4, 0.5) is 0 Å². The maximum absolute atomic E-state index is 10.9. The summed E-state index contributed by atoms with van der Waals surface area (Å²) in [5.74, 6) is -0.847. The molecule has 0 aliphatic heterocycles. The average Bonchev–Trinajstić information content (AvgIpc) is 2.65. The summed E-state index contributed by atoms with van der Waals surface area (Å²) in [5, 5.41) is 36.3. The second kappa shape index (κ2) is 12.2. The van der Waals surface area contributed by atoms with Gasteiger partial charge in [-0.1, -0.05) is 12.1 Å². The van der Waals surface area contributed by atoms with Crippen molar-refractivity contribution in [2.75, 3.05) is 0 Å². The van der Waals surface area contributed by atoms with Crippen molar-refractivity contribution in [1.29, 1.82) is 0 Å². The number of hydrogen-bond donors (Lipinski definition) is 0. The topological polar surface area (TPSA) is 142 Å². The van der Waals surface area contributed by atoms with Crippen LogP contribution in [0.5, 0.6) is 11.5 Å². The van der Waals surface area contributed by atoms with Gasteiger partial charge in [0.05, 0.1) is 16.5 Å². The molecule has 0 aromatic carbocycles. The summed E-state index contributed by atoms with van der Waals surface area (Å²) < 4.78 is 1.63. The van der Waals surface area contributed by atoms with Crippen molar-refractivity contribution in [3.8, 4) is 22.9 Å². The van der Waals surface area contributed by atoms with E-state index in [1.54, 1.807) is 37.1 Å². The van der Waals surface area contributed by atoms with Crippen LogP contribution in [0.2, 0.25) is 0 Å². The van der Waals surface area contributed by atoms with Gasteiger partial charge in [0.1, 0.15) is 7.05 Å². The fourth-order valence-corrected chi connectivity index (χ4v) is 1.73. The maximum Gasteiger partial charge on any atom is 2.00 e. The smallest absolute Gasteiger partial charge is 0.873 e. The van der Waals surface area contributed by atoms with Gasteiger partial charge in [0.25, 0.3) is 0 Å². The molecule has 27 heavy (non-hydrogen) atoms. The molecular formula is C17H16CuN4O5. The molecule has 0 saturated carbocycles. The number of hydrogen-bond acceptors (Lipinski definition) is 7. The molecule has 3 aromatic heterocycles. The van der Waals surface area contributed by atoms with Gasteiger partial charge in [0, 0.05) is 19.3 Å². The van der Waals surface area contributed by atoms with Crippen LogP contribution in [-0.4, -0.2) is 15.1 Å². The van der Waals surface area contributed by atoms with Gasteiger partial charge in [-0.3, -0.25) is 9.97 Å². The molecule has 0 aliphatic carbocycles. The predicted molar refractivity (Wildman–Crippen MR) is 89.1 cm³/mol. The van der Waals surface area contributed by atoms with Crippen molar-refractivity contribution in [1.82, 2.24) is 9.97 Å². The standard InChI is InChI=1S/C10H8N2.C7H9NO2.Cu.NO3/c1-3-7-11-9(5-1)10-6-2-4-8-12-10;1-5-7(10)6(9)3-4-8(5)2;;2-1(3)4/h1-8H;3-4,10H,1-2H3;;/q;;+2;-1/p-1. The number of aromatic nitrogens is 3. The second-order valence-electron chi connectivity index (χ2n) is 4.86. The Bertz CT molecular complexity index is 767. The van der Waals surface area contributed by atoms with Gasteiger partial charge in [0.2, 0.25) is 0 Å². The first kappa shape index (κ1) is 23.8. The summed E-state index contributed by atoms with van der Waals surface area (Å²) >= 11 is 0. The molecule has 0 amide bonds. The molecule has 3 rings (SSSR count). The molecule has 1 radical (unpaired) electrons. The molecular weight excluding hydrogens is 404 g/mol. The number of aryl methyl sites for hydroxylation is 1. The van der Waals surface area contributed by atoms with E-state index in [0.717, 1.165) is 11.4 Å². The van der Waals surface area contributed by atoms with Crippen LogP contribution in [0.3, 0.4) is 0 Å². The fraction of sp³-hybridized carbons (Fsp3) is 0.118. The largest absolute Gasteiger partial charge is 2.00 e. The van der Waals surface area contributed by atoms with Crippen LogP contribution >= 0.6 is 0 Å². The van der Waals surface area contributed by atoms with E-state index in [-0.39, 0.29) is 17.1 Å². The van der Waals surface area contributed by atoms with Crippen LogP contribution in [0.1, 0.15) is 5.69 Å². The van der Waals surface area contributed by atoms with Crippen molar-refractivity contribution in [3.05, 3.63) is 82.1 Å². The summed E-state index contributed by atoms with van der Waals surface area (Å²) in [5.41, 5.74) is 2.31. The molecule has 0 unspecified atom stereocenters. The van der Waals surface area contributed by atoms with E-state index in [1.807, 2.05) is 36.4 Å². The summed E-state index contributed by atoms with van der Waals surface area (Å²) in [6, 6.07) is 12.9. The normalized spacial score (nSPS) is 8.81. The third-order valence-electron chi connectivity index (χ3n) is 3.12. The number of nitrogens with zero attached hydrogens (tertiary/aromatic N) is 4. The number of pyridine rings is 3. The molecule has 0 saturated heterocycles. The molecule has 3 heterocycles. The minimum Gasteiger partial charge on any atom is -0.873 e. The molecule has 0 N–H and O–H groups in total. The summed E-state index contributed by atoms with van der Waals surface area (Å²) in [6.45, 7) is 1.63. The maximum atomic E-state index is 10.9. The van der Waals surface area contributed by atoms with Crippen LogP contribution in [0, 0.1) is 22.2 Å². The summed E-state index contributed by atoms with van der Waals surface area (Å²) in [6.07, 6.45) is 5.12. The van der Waals surface area contributed by atoms with E-state index in [4.69, 9.17) is 15.3 Å². The summed E-state index contributed by atoms with van der Waals surface area (Å²) in [4.78, 5) is 16.6. The van der Waals surface area contributed by atoms with Crippen molar-refractivity contribution in [2.24, 2.45) is 7.05 Å². The molecule has 9 nitrogen and oxygen atoms in total. The van der Waals surface area contributed by atoms with Crippen LogP contribution in [-0.2, 0) is 24.1 Å². The Hall–Kier alpha value is -3.23. The predicted octanol–water partition coefficient (Wildman–Crippen LogP) is 0.869. The molecule has 0 fully saturated rings. The Morgan fingerprint density at radius 2 is 1.37 bits per heavy atom. The molecule has 0 aliphatic rings. The van der Waals surface area contributed by atoms with Crippen molar-refractivity contribution >= 4 is 0 Å². The van der Waals surface area contributed by atoms with E-state index < -0.39 is 16.6 Å². The molecule has 0 spiro atoms. The third-order valence-corrected chi connectivity index (χ3v) is 3.12. The van der Waals surface area contributed by atoms with E-state index >= 15 is 0 Å². The summed E-state index contributed by atoms with van der Waals surface area (Å²) in [7, 11) is 1.73. The Morgan fingerprint density at radius 1 is 0.926 bits per heavy atom. The molecule has 0 bridgehead atoms.